The first-order chi connectivity index (χ1) is 14.8. The van der Waals surface area contributed by atoms with Crippen LogP contribution in [0.5, 0.6) is 0 Å². The minimum atomic E-state index is -1.32. The Balaban J connectivity index is 1.87. The summed E-state index contributed by atoms with van der Waals surface area (Å²) in [7, 11) is 1.12. The van der Waals surface area contributed by atoms with Gasteiger partial charge < -0.3 is 29.2 Å². The Morgan fingerprint density at radius 1 is 1.19 bits per heavy atom. The fourth-order valence-corrected chi connectivity index (χ4v) is 3.26. The molecule has 0 aliphatic carbocycles. The summed E-state index contributed by atoms with van der Waals surface area (Å²) in [5.74, 6) is -1.48. The highest BCUT2D eigenvalue weighted by atomic mass is 16.6. The number of benzene rings is 1. The number of hydrogen-bond donors (Lipinski definition) is 1. The van der Waals surface area contributed by atoms with Gasteiger partial charge in [0.2, 0.25) is 0 Å². The lowest BCUT2D eigenvalue weighted by molar-refractivity contribution is -0.154. The molecule has 170 valence electrons. The number of likely N-dealkylation sites (tertiary alicyclic amines) is 1. The van der Waals surface area contributed by atoms with Crippen molar-refractivity contribution in [3.63, 3.8) is 0 Å². The molecule has 1 unspecified atom stereocenters. The summed E-state index contributed by atoms with van der Waals surface area (Å²) in [5.41, 5.74) is 1.02. The van der Waals surface area contributed by atoms with Gasteiger partial charge >= 0.3 is 24.1 Å². The van der Waals surface area contributed by atoms with Gasteiger partial charge in [-0.2, -0.15) is 0 Å². The summed E-state index contributed by atoms with van der Waals surface area (Å²) >= 11 is 0. The maximum absolute atomic E-state index is 12.5. The van der Waals surface area contributed by atoms with E-state index in [2.05, 4.69) is 10.1 Å². The molecule has 10 nitrogen and oxygen atoms in total. The molecule has 1 saturated heterocycles. The van der Waals surface area contributed by atoms with Crippen LogP contribution in [0.25, 0.3) is 0 Å². The fraction of sp³-hybridized carbons (Fsp3) is 0.524. The Morgan fingerprint density at radius 2 is 1.90 bits per heavy atom. The quantitative estimate of drug-likeness (QED) is 0.373. The average molecular weight is 436 g/mol. The highest BCUT2D eigenvalue weighted by molar-refractivity contribution is 5.87. The summed E-state index contributed by atoms with van der Waals surface area (Å²) in [6, 6.07) is 8.10. The van der Waals surface area contributed by atoms with Crippen LogP contribution in [0, 0.1) is 0 Å². The van der Waals surface area contributed by atoms with Crippen molar-refractivity contribution in [2.45, 2.75) is 51.5 Å². The molecule has 1 heterocycles. The SMILES string of the molecule is COC(=O)[C@@H](NC(=O)OC(=O)N1CCCC1COCc1ccccc1)[C@@H](C)OC(C)=O. The van der Waals surface area contributed by atoms with Gasteiger partial charge in [0, 0.05) is 13.5 Å². The van der Waals surface area contributed by atoms with Crippen LogP contribution in [-0.2, 0) is 35.1 Å². The number of amides is 2. The molecule has 1 aromatic carbocycles. The number of alkyl carbamates (subject to hydrolysis) is 1. The molecule has 1 N–H and O–H groups in total. The molecule has 10 heteroatoms. The summed E-state index contributed by atoms with van der Waals surface area (Å²) < 4.78 is 20.1. The Hall–Kier alpha value is -3.14. The van der Waals surface area contributed by atoms with Crippen LogP contribution in [0.3, 0.4) is 0 Å². The number of carbonyl (C=O) groups is 4. The van der Waals surface area contributed by atoms with Gasteiger partial charge in [0.15, 0.2) is 6.04 Å². The van der Waals surface area contributed by atoms with Crippen molar-refractivity contribution in [3.8, 4) is 0 Å². The molecule has 1 aliphatic heterocycles. The van der Waals surface area contributed by atoms with Crippen molar-refractivity contribution in [3.05, 3.63) is 35.9 Å². The van der Waals surface area contributed by atoms with Gasteiger partial charge in [-0.25, -0.2) is 14.4 Å². The first-order valence-electron chi connectivity index (χ1n) is 9.97. The zero-order chi connectivity index (χ0) is 22.8. The van der Waals surface area contributed by atoms with E-state index in [1.54, 1.807) is 0 Å². The number of rotatable bonds is 8. The second-order valence-electron chi connectivity index (χ2n) is 7.11. The molecule has 0 spiro atoms. The third-order valence-corrected chi connectivity index (χ3v) is 4.76. The Kier molecular flexibility index (Phi) is 9.26. The number of hydrogen-bond acceptors (Lipinski definition) is 8. The first-order valence-corrected chi connectivity index (χ1v) is 9.97. The predicted molar refractivity (Wildman–Crippen MR) is 108 cm³/mol. The predicted octanol–water partition coefficient (Wildman–Crippen LogP) is 2.01. The van der Waals surface area contributed by atoms with Crippen molar-refractivity contribution >= 4 is 24.1 Å². The van der Waals surface area contributed by atoms with Crippen molar-refractivity contribution in [1.29, 1.82) is 0 Å². The smallest absolute Gasteiger partial charge is 0.419 e. The molecular weight excluding hydrogens is 408 g/mol. The molecule has 0 radical (unpaired) electrons. The van der Waals surface area contributed by atoms with Crippen LogP contribution in [0.4, 0.5) is 9.59 Å². The topological polar surface area (TPSA) is 120 Å². The van der Waals surface area contributed by atoms with E-state index in [4.69, 9.17) is 14.2 Å². The minimum Gasteiger partial charge on any atom is -0.467 e. The molecule has 1 aliphatic rings. The van der Waals surface area contributed by atoms with Gasteiger partial charge in [-0.05, 0) is 25.3 Å². The number of methoxy groups -OCH3 is 1. The lowest BCUT2D eigenvalue weighted by Gasteiger charge is -2.25. The summed E-state index contributed by atoms with van der Waals surface area (Å²) in [5, 5.41) is 2.22. The average Bonchev–Trinajstić information content (AvgIpc) is 3.20. The minimum absolute atomic E-state index is 0.222. The zero-order valence-corrected chi connectivity index (χ0v) is 17.9. The second kappa shape index (κ2) is 11.9. The van der Waals surface area contributed by atoms with E-state index in [1.165, 1.54) is 18.7 Å². The normalized spacial score (nSPS) is 17.4. The Morgan fingerprint density at radius 3 is 2.55 bits per heavy atom. The summed E-state index contributed by atoms with van der Waals surface area (Å²) in [6.45, 7) is 3.72. The number of nitrogens with one attached hydrogen (secondary N) is 1. The molecule has 0 aromatic heterocycles. The number of nitrogens with zero attached hydrogens (tertiary/aromatic N) is 1. The van der Waals surface area contributed by atoms with E-state index in [0.29, 0.717) is 19.8 Å². The molecule has 1 fully saturated rings. The highest BCUT2D eigenvalue weighted by Gasteiger charge is 2.34. The van der Waals surface area contributed by atoms with Gasteiger partial charge in [0.25, 0.3) is 0 Å². The molecule has 3 atom stereocenters. The van der Waals surface area contributed by atoms with E-state index in [1.807, 2.05) is 30.3 Å². The summed E-state index contributed by atoms with van der Waals surface area (Å²) in [6.07, 6.45) is -1.52. The van der Waals surface area contributed by atoms with Crippen molar-refractivity contribution in [2.75, 3.05) is 20.3 Å². The monoisotopic (exact) mass is 436 g/mol. The molecule has 31 heavy (non-hydrogen) atoms. The van der Waals surface area contributed by atoms with E-state index >= 15 is 0 Å². The molecule has 1 aromatic rings. The van der Waals surface area contributed by atoms with Crippen LogP contribution in [-0.4, -0.2) is 67.5 Å². The van der Waals surface area contributed by atoms with Crippen molar-refractivity contribution in [2.24, 2.45) is 0 Å². The van der Waals surface area contributed by atoms with Gasteiger partial charge in [-0.3, -0.25) is 4.79 Å². The van der Waals surface area contributed by atoms with Crippen LogP contribution in [0.15, 0.2) is 30.3 Å². The largest absolute Gasteiger partial charge is 0.467 e. The van der Waals surface area contributed by atoms with Gasteiger partial charge in [0.1, 0.15) is 6.10 Å². The van der Waals surface area contributed by atoms with E-state index in [0.717, 1.165) is 25.5 Å². The van der Waals surface area contributed by atoms with E-state index in [-0.39, 0.29) is 6.04 Å². The lowest BCUT2D eigenvalue weighted by atomic mass is 10.2. The number of carbonyl (C=O) groups excluding carboxylic acids is 4. The first kappa shape index (κ1) is 24.1. The van der Waals surface area contributed by atoms with Crippen LogP contribution >= 0.6 is 0 Å². The zero-order valence-electron chi connectivity index (χ0n) is 17.9. The Labute approximate surface area is 180 Å². The summed E-state index contributed by atoms with van der Waals surface area (Å²) in [4.78, 5) is 49.1. The molecule has 0 saturated carbocycles. The lowest BCUT2D eigenvalue weighted by Crippen LogP contribution is -2.51. The van der Waals surface area contributed by atoms with Gasteiger partial charge in [-0.15, -0.1) is 0 Å². The van der Waals surface area contributed by atoms with Crippen molar-refractivity contribution < 1.29 is 38.1 Å². The van der Waals surface area contributed by atoms with E-state index in [9.17, 15) is 19.2 Å². The number of esters is 2. The molecule has 0 bridgehead atoms. The molecule has 2 rings (SSSR count). The maximum atomic E-state index is 12.5. The van der Waals surface area contributed by atoms with Gasteiger partial charge in [0.05, 0.1) is 26.4 Å². The third kappa shape index (κ3) is 7.56. The Bertz CT molecular complexity index is 770. The standard InChI is InChI=1S/C21H28N2O8/c1-14(30-15(2)24)18(19(25)28-3)22-20(26)31-21(27)23-11-7-10-17(23)13-29-12-16-8-5-4-6-9-16/h4-6,8-9,14,17-18H,7,10-13H2,1-3H3,(H,22,26)/t14-,17?,18+/m1/s1. The van der Waals surface area contributed by atoms with E-state index < -0.39 is 36.3 Å². The third-order valence-electron chi connectivity index (χ3n) is 4.76. The maximum Gasteiger partial charge on any atom is 0.419 e. The fourth-order valence-electron chi connectivity index (χ4n) is 3.26. The molecule has 2 amide bonds. The molecular formula is C21H28N2O8. The second-order valence-corrected chi connectivity index (χ2v) is 7.11. The van der Waals surface area contributed by atoms with Gasteiger partial charge in [-0.1, -0.05) is 30.3 Å². The number of ether oxygens (including phenoxy) is 4. The van der Waals surface area contributed by atoms with Crippen LogP contribution < -0.4 is 5.32 Å². The van der Waals surface area contributed by atoms with Crippen molar-refractivity contribution in [1.82, 2.24) is 10.2 Å². The van der Waals surface area contributed by atoms with Crippen LogP contribution in [0.2, 0.25) is 0 Å². The highest BCUT2D eigenvalue weighted by Crippen LogP contribution is 2.19. The van der Waals surface area contributed by atoms with Crippen LogP contribution in [0.1, 0.15) is 32.3 Å².